The molecule has 0 spiro atoms. The second-order valence-electron chi connectivity index (χ2n) is 3.73. The van der Waals surface area contributed by atoms with Crippen molar-refractivity contribution in [2.75, 3.05) is 13.6 Å². The van der Waals surface area contributed by atoms with Gasteiger partial charge in [0.15, 0.2) is 0 Å². The molecule has 1 unspecified atom stereocenters. The fraction of sp³-hybridized carbons (Fsp3) is 0.700. The quantitative estimate of drug-likeness (QED) is 0.572. The molecule has 4 N–H and O–H groups in total. The summed E-state index contributed by atoms with van der Waals surface area (Å²) in [7, 11) is 1.55. The fourth-order valence-corrected chi connectivity index (χ4v) is 1.29. The summed E-state index contributed by atoms with van der Waals surface area (Å²) in [6.45, 7) is 3.83. The first-order valence-electron chi connectivity index (χ1n) is 5.17. The van der Waals surface area contributed by atoms with Gasteiger partial charge in [-0.1, -0.05) is 19.1 Å². The number of amides is 2. The third-order valence-electron chi connectivity index (χ3n) is 2.67. The molecule has 0 saturated heterocycles. The van der Waals surface area contributed by atoms with E-state index in [1.807, 2.05) is 6.92 Å². The second-order valence-corrected chi connectivity index (χ2v) is 4.17. The largest absolute Gasteiger partial charge is 0.392 e. The number of hydrogen-bond donors (Lipinski definition) is 3. The highest BCUT2D eigenvalue weighted by atomic mass is 32.1. The van der Waals surface area contributed by atoms with Crippen molar-refractivity contribution in [1.82, 2.24) is 10.6 Å². The molecule has 0 heterocycles. The lowest BCUT2D eigenvalue weighted by molar-refractivity contribution is -0.127. The second kappa shape index (κ2) is 6.42. The summed E-state index contributed by atoms with van der Waals surface area (Å²) in [6, 6.07) is 0. The molecule has 0 fully saturated rings. The molecule has 0 aromatic rings. The molecule has 6 heteroatoms. The number of hydrogen-bond acceptors (Lipinski definition) is 3. The van der Waals surface area contributed by atoms with Gasteiger partial charge in [0, 0.05) is 20.0 Å². The lowest BCUT2D eigenvalue weighted by atomic mass is 9.86. The van der Waals surface area contributed by atoms with Gasteiger partial charge in [0.2, 0.25) is 11.8 Å². The molecule has 0 aromatic heterocycles. The lowest BCUT2D eigenvalue weighted by Gasteiger charge is -2.25. The Morgan fingerprint density at radius 3 is 2.38 bits per heavy atom. The predicted octanol–water partition coefficient (Wildman–Crippen LogP) is -0.0589. The van der Waals surface area contributed by atoms with Gasteiger partial charge >= 0.3 is 0 Å². The van der Waals surface area contributed by atoms with Gasteiger partial charge in [-0.05, 0) is 13.3 Å². The third kappa shape index (κ3) is 3.77. The monoisotopic (exact) mass is 245 g/mol. The number of carbonyl (C=O) groups is 2. The Morgan fingerprint density at radius 2 is 2.00 bits per heavy atom. The van der Waals surface area contributed by atoms with Crippen LogP contribution in [0.4, 0.5) is 0 Å². The van der Waals surface area contributed by atoms with E-state index < -0.39 is 5.41 Å². The van der Waals surface area contributed by atoms with Crippen LogP contribution in [0.25, 0.3) is 0 Å². The Hall–Kier alpha value is -1.17. The zero-order valence-corrected chi connectivity index (χ0v) is 10.7. The Balaban J connectivity index is 4.24. The molecular weight excluding hydrogens is 226 g/mol. The van der Waals surface area contributed by atoms with Gasteiger partial charge in [-0.3, -0.25) is 9.59 Å². The molecule has 16 heavy (non-hydrogen) atoms. The van der Waals surface area contributed by atoms with Crippen molar-refractivity contribution in [3.8, 4) is 0 Å². The Bertz CT molecular complexity index is 294. The van der Waals surface area contributed by atoms with E-state index in [0.717, 1.165) is 0 Å². The van der Waals surface area contributed by atoms with Crippen molar-refractivity contribution in [3.63, 3.8) is 0 Å². The number of rotatable bonds is 6. The minimum Gasteiger partial charge on any atom is -0.392 e. The topological polar surface area (TPSA) is 84.2 Å². The van der Waals surface area contributed by atoms with E-state index in [0.29, 0.717) is 6.42 Å². The Labute approximate surface area is 101 Å². The molecule has 2 amide bonds. The summed E-state index contributed by atoms with van der Waals surface area (Å²) < 4.78 is 0. The van der Waals surface area contributed by atoms with Crippen LogP contribution in [0.2, 0.25) is 0 Å². The molecule has 0 aliphatic heterocycles. The van der Waals surface area contributed by atoms with Crippen molar-refractivity contribution in [2.45, 2.75) is 26.7 Å². The molecular formula is C10H19N3O2S. The van der Waals surface area contributed by atoms with E-state index in [4.69, 9.17) is 18.0 Å². The molecule has 1 atom stereocenters. The first kappa shape index (κ1) is 14.8. The molecule has 0 rings (SSSR count). The van der Waals surface area contributed by atoms with E-state index in [9.17, 15) is 9.59 Å². The van der Waals surface area contributed by atoms with Crippen LogP contribution in [-0.2, 0) is 9.59 Å². The van der Waals surface area contributed by atoms with E-state index in [1.54, 1.807) is 14.0 Å². The van der Waals surface area contributed by atoms with Crippen LogP contribution >= 0.6 is 12.2 Å². The maximum absolute atomic E-state index is 11.8. The van der Waals surface area contributed by atoms with Gasteiger partial charge in [0.05, 0.1) is 10.4 Å². The van der Waals surface area contributed by atoms with Gasteiger partial charge in [-0.2, -0.15) is 0 Å². The smallest absolute Gasteiger partial charge is 0.232 e. The zero-order chi connectivity index (χ0) is 12.8. The summed E-state index contributed by atoms with van der Waals surface area (Å²) in [5.41, 5.74) is 4.70. The van der Waals surface area contributed by atoms with Gasteiger partial charge in [0.25, 0.3) is 0 Å². The van der Waals surface area contributed by atoms with Gasteiger partial charge in [-0.15, -0.1) is 0 Å². The number of nitrogens with one attached hydrogen (secondary N) is 2. The summed E-state index contributed by atoms with van der Waals surface area (Å²) in [5.74, 6) is -0.347. The SMILES string of the molecule is CCC(C)(C(=O)NCCC(=O)NC)C(N)=S. The molecule has 0 bridgehead atoms. The van der Waals surface area contributed by atoms with E-state index >= 15 is 0 Å². The maximum Gasteiger partial charge on any atom is 0.232 e. The molecule has 0 aliphatic rings. The number of nitrogens with two attached hydrogens (primary N) is 1. The Kier molecular flexibility index (Phi) is 5.95. The normalized spacial score (nSPS) is 13.7. The average molecular weight is 245 g/mol. The summed E-state index contributed by atoms with van der Waals surface area (Å²) in [6.07, 6.45) is 0.785. The van der Waals surface area contributed by atoms with Gasteiger partial charge in [-0.25, -0.2) is 0 Å². The van der Waals surface area contributed by atoms with E-state index in [-0.39, 0.29) is 29.8 Å². The number of carbonyl (C=O) groups excluding carboxylic acids is 2. The summed E-state index contributed by atoms with van der Waals surface area (Å²) >= 11 is 4.87. The van der Waals surface area contributed by atoms with Gasteiger partial charge in [0.1, 0.15) is 0 Å². The van der Waals surface area contributed by atoms with Crippen LogP contribution < -0.4 is 16.4 Å². The Morgan fingerprint density at radius 1 is 1.44 bits per heavy atom. The first-order valence-corrected chi connectivity index (χ1v) is 5.58. The van der Waals surface area contributed by atoms with Crippen LogP contribution in [0.15, 0.2) is 0 Å². The van der Waals surface area contributed by atoms with Crippen LogP contribution in [-0.4, -0.2) is 30.4 Å². The molecule has 0 radical (unpaired) electrons. The highest BCUT2D eigenvalue weighted by Gasteiger charge is 2.34. The van der Waals surface area contributed by atoms with Crippen molar-refractivity contribution < 1.29 is 9.59 Å². The van der Waals surface area contributed by atoms with Gasteiger partial charge < -0.3 is 16.4 Å². The van der Waals surface area contributed by atoms with E-state index in [2.05, 4.69) is 10.6 Å². The minimum absolute atomic E-state index is 0.117. The zero-order valence-electron chi connectivity index (χ0n) is 9.92. The summed E-state index contributed by atoms with van der Waals surface area (Å²) in [4.78, 5) is 22.9. The fourth-order valence-electron chi connectivity index (χ4n) is 1.06. The average Bonchev–Trinajstić information content (AvgIpc) is 2.26. The molecule has 5 nitrogen and oxygen atoms in total. The van der Waals surface area contributed by atoms with Crippen molar-refractivity contribution in [1.29, 1.82) is 0 Å². The maximum atomic E-state index is 11.8. The third-order valence-corrected chi connectivity index (χ3v) is 3.12. The highest BCUT2D eigenvalue weighted by Crippen LogP contribution is 2.21. The molecule has 0 aliphatic carbocycles. The van der Waals surface area contributed by atoms with Crippen LogP contribution in [0.5, 0.6) is 0 Å². The predicted molar refractivity (Wildman–Crippen MR) is 66.9 cm³/mol. The minimum atomic E-state index is -0.835. The highest BCUT2D eigenvalue weighted by molar-refractivity contribution is 7.80. The van der Waals surface area contributed by atoms with Crippen molar-refractivity contribution >= 4 is 29.0 Å². The molecule has 92 valence electrons. The molecule has 0 aromatic carbocycles. The van der Waals surface area contributed by atoms with Crippen molar-refractivity contribution in [3.05, 3.63) is 0 Å². The lowest BCUT2D eigenvalue weighted by Crippen LogP contribution is -2.47. The van der Waals surface area contributed by atoms with Crippen LogP contribution in [0.1, 0.15) is 26.7 Å². The van der Waals surface area contributed by atoms with E-state index in [1.165, 1.54) is 0 Å². The standard InChI is InChI=1S/C10H19N3O2S/c1-4-10(2,8(11)16)9(15)13-6-5-7(14)12-3/h4-6H2,1-3H3,(H2,11,16)(H,12,14)(H,13,15). The first-order chi connectivity index (χ1) is 7.38. The summed E-state index contributed by atoms with van der Waals surface area (Å²) in [5, 5.41) is 5.13. The number of thiocarbonyl (C=S) groups is 1. The van der Waals surface area contributed by atoms with Crippen LogP contribution in [0, 0.1) is 5.41 Å². The van der Waals surface area contributed by atoms with Crippen LogP contribution in [0.3, 0.4) is 0 Å². The molecule has 0 saturated carbocycles. The van der Waals surface area contributed by atoms with Crippen molar-refractivity contribution in [2.24, 2.45) is 11.1 Å².